The topological polar surface area (TPSA) is 128 Å². The van der Waals surface area contributed by atoms with Gasteiger partial charge < -0.3 is 15.8 Å². The number of primary amides is 1. The zero-order chi connectivity index (χ0) is 21.3. The summed E-state index contributed by atoms with van der Waals surface area (Å²) in [7, 11) is -3.55. The predicted molar refractivity (Wildman–Crippen MR) is 110 cm³/mol. The minimum absolute atomic E-state index is 0.136. The van der Waals surface area contributed by atoms with Crippen LogP contribution in [0.15, 0.2) is 53.4 Å². The molecule has 2 aromatic carbocycles. The van der Waals surface area contributed by atoms with Gasteiger partial charge in [-0.1, -0.05) is 25.5 Å². The van der Waals surface area contributed by atoms with E-state index in [-0.39, 0.29) is 23.8 Å². The fourth-order valence-electron chi connectivity index (χ4n) is 2.43. The largest absolute Gasteiger partial charge is 0.484 e. The minimum Gasteiger partial charge on any atom is -0.484 e. The SMILES string of the molecule is CCCCNS(=O)(=O)c1ccc(OCC(=O)Nc2ccc(CC(N)=O)cc2)cc1. The van der Waals surface area contributed by atoms with Crippen LogP contribution >= 0.6 is 0 Å². The summed E-state index contributed by atoms with van der Waals surface area (Å²) in [5, 5.41) is 2.67. The molecule has 0 aliphatic carbocycles. The normalized spacial score (nSPS) is 11.1. The Kier molecular flexibility index (Phi) is 8.17. The van der Waals surface area contributed by atoms with Gasteiger partial charge in [-0.05, 0) is 48.4 Å². The highest BCUT2D eigenvalue weighted by molar-refractivity contribution is 7.89. The molecule has 0 aliphatic rings. The Morgan fingerprint density at radius 1 is 1.03 bits per heavy atom. The lowest BCUT2D eigenvalue weighted by molar-refractivity contribution is -0.118. The number of ether oxygens (including phenoxy) is 1. The smallest absolute Gasteiger partial charge is 0.262 e. The molecule has 29 heavy (non-hydrogen) atoms. The molecule has 4 N–H and O–H groups in total. The number of anilines is 1. The van der Waals surface area contributed by atoms with Crippen molar-refractivity contribution in [2.24, 2.45) is 5.73 Å². The summed E-state index contributed by atoms with van der Waals surface area (Å²) in [4.78, 5) is 23.0. The van der Waals surface area contributed by atoms with Gasteiger partial charge in [0.25, 0.3) is 5.91 Å². The van der Waals surface area contributed by atoms with Crippen molar-refractivity contribution in [1.29, 1.82) is 0 Å². The van der Waals surface area contributed by atoms with Crippen LogP contribution in [0.5, 0.6) is 5.75 Å². The summed E-state index contributed by atoms with van der Waals surface area (Å²) in [5.74, 6) is -0.416. The molecule has 0 saturated carbocycles. The number of carbonyl (C=O) groups is 2. The Labute approximate surface area is 170 Å². The van der Waals surface area contributed by atoms with Crippen molar-refractivity contribution in [1.82, 2.24) is 4.72 Å². The molecule has 0 fully saturated rings. The van der Waals surface area contributed by atoms with Gasteiger partial charge in [-0.2, -0.15) is 0 Å². The van der Waals surface area contributed by atoms with Crippen molar-refractivity contribution in [3.8, 4) is 5.75 Å². The summed E-state index contributed by atoms with van der Waals surface area (Å²) in [6, 6.07) is 12.6. The second-order valence-electron chi connectivity index (χ2n) is 6.40. The van der Waals surface area contributed by atoms with Crippen LogP contribution in [0.3, 0.4) is 0 Å². The average molecular weight is 420 g/mol. The van der Waals surface area contributed by atoms with Gasteiger partial charge in [-0.15, -0.1) is 0 Å². The molecular formula is C20H25N3O5S. The molecular weight excluding hydrogens is 394 g/mol. The second-order valence-corrected chi connectivity index (χ2v) is 8.17. The molecule has 0 bridgehead atoms. The molecule has 0 heterocycles. The molecule has 0 radical (unpaired) electrons. The maximum Gasteiger partial charge on any atom is 0.262 e. The van der Waals surface area contributed by atoms with Gasteiger partial charge in [-0.3, -0.25) is 9.59 Å². The molecule has 156 valence electrons. The van der Waals surface area contributed by atoms with E-state index < -0.39 is 15.9 Å². The fraction of sp³-hybridized carbons (Fsp3) is 0.300. The lowest BCUT2D eigenvalue weighted by Crippen LogP contribution is -2.24. The van der Waals surface area contributed by atoms with Crippen LogP contribution in [-0.4, -0.2) is 33.4 Å². The van der Waals surface area contributed by atoms with Crippen LogP contribution in [0.1, 0.15) is 25.3 Å². The number of nitrogens with one attached hydrogen (secondary N) is 2. The van der Waals surface area contributed by atoms with Gasteiger partial charge in [-0.25, -0.2) is 13.1 Å². The van der Waals surface area contributed by atoms with E-state index in [1.165, 1.54) is 24.3 Å². The van der Waals surface area contributed by atoms with Gasteiger partial charge in [0.2, 0.25) is 15.9 Å². The minimum atomic E-state index is -3.55. The van der Waals surface area contributed by atoms with Crippen LogP contribution in [-0.2, 0) is 26.0 Å². The Morgan fingerprint density at radius 2 is 1.69 bits per heavy atom. The van der Waals surface area contributed by atoms with Crippen molar-refractivity contribution < 1.29 is 22.7 Å². The molecule has 0 unspecified atom stereocenters. The molecule has 0 saturated heterocycles. The molecule has 2 aromatic rings. The van der Waals surface area contributed by atoms with Gasteiger partial charge in [0.05, 0.1) is 11.3 Å². The van der Waals surface area contributed by atoms with Crippen LogP contribution < -0.4 is 20.5 Å². The summed E-state index contributed by atoms with van der Waals surface area (Å²) in [5.41, 5.74) is 6.45. The number of unbranched alkanes of at least 4 members (excludes halogenated alkanes) is 1. The van der Waals surface area contributed by atoms with Crippen molar-refractivity contribution >= 4 is 27.5 Å². The van der Waals surface area contributed by atoms with Crippen LogP contribution in [0, 0.1) is 0 Å². The fourth-order valence-corrected chi connectivity index (χ4v) is 3.51. The monoisotopic (exact) mass is 419 g/mol. The van der Waals surface area contributed by atoms with Gasteiger partial charge >= 0.3 is 0 Å². The Hall–Kier alpha value is -2.91. The lowest BCUT2D eigenvalue weighted by Gasteiger charge is -2.09. The third-order valence-corrected chi connectivity index (χ3v) is 5.42. The average Bonchev–Trinajstić information content (AvgIpc) is 2.68. The van der Waals surface area contributed by atoms with E-state index in [9.17, 15) is 18.0 Å². The van der Waals surface area contributed by atoms with E-state index in [0.29, 0.717) is 18.0 Å². The number of hydrogen-bond donors (Lipinski definition) is 3. The molecule has 2 rings (SSSR count). The Morgan fingerprint density at radius 3 is 2.28 bits per heavy atom. The third kappa shape index (κ3) is 7.55. The maximum absolute atomic E-state index is 12.1. The molecule has 2 amide bonds. The number of nitrogens with two attached hydrogens (primary N) is 1. The quantitative estimate of drug-likeness (QED) is 0.479. The van der Waals surface area contributed by atoms with Crippen LogP contribution in [0.2, 0.25) is 0 Å². The summed E-state index contributed by atoms with van der Waals surface area (Å²) < 4.78 is 32.2. The van der Waals surface area contributed by atoms with Crippen molar-refractivity contribution in [2.75, 3.05) is 18.5 Å². The highest BCUT2D eigenvalue weighted by atomic mass is 32.2. The van der Waals surface area contributed by atoms with E-state index >= 15 is 0 Å². The number of amides is 2. The summed E-state index contributed by atoms with van der Waals surface area (Å²) in [6.07, 6.45) is 1.80. The highest BCUT2D eigenvalue weighted by Crippen LogP contribution is 2.16. The first-order valence-electron chi connectivity index (χ1n) is 9.20. The predicted octanol–water partition coefficient (Wildman–Crippen LogP) is 1.81. The summed E-state index contributed by atoms with van der Waals surface area (Å²) >= 11 is 0. The van der Waals surface area contributed by atoms with E-state index in [4.69, 9.17) is 10.5 Å². The van der Waals surface area contributed by atoms with E-state index in [0.717, 1.165) is 18.4 Å². The molecule has 9 heteroatoms. The first kappa shape index (κ1) is 22.4. The molecule has 8 nitrogen and oxygen atoms in total. The highest BCUT2D eigenvalue weighted by Gasteiger charge is 2.13. The van der Waals surface area contributed by atoms with Crippen molar-refractivity contribution in [3.63, 3.8) is 0 Å². The van der Waals surface area contributed by atoms with E-state index in [1.54, 1.807) is 24.3 Å². The number of benzene rings is 2. The number of sulfonamides is 1. The maximum atomic E-state index is 12.1. The van der Waals surface area contributed by atoms with Crippen molar-refractivity contribution in [3.05, 3.63) is 54.1 Å². The number of hydrogen-bond acceptors (Lipinski definition) is 5. The molecule has 0 aliphatic heterocycles. The summed E-state index contributed by atoms with van der Waals surface area (Å²) in [6.45, 7) is 2.14. The van der Waals surface area contributed by atoms with Crippen molar-refractivity contribution in [2.45, 2.75) is 31.1 Å². The third-order valence-electron chi connectivity index (χ3n) is 3.94. The standard InChI is InChI=1S/C20H25N3O5S/c1-2-3-12-22-29(26,27)18-10-8-17(9-11-18)28-14-20(25)23-16-6-4-15(5-7-16)13-19(21)24/h4-11,22H,2-3,12-14H2,1H3,(H2,21,24)(H,23,25). The van der Waals surface area contributed by atoms with E-state index in [2.05, 4.69) is 10.0 Å². The van der Waals surface area contributed by atoms with E-state index in [1.807, 2.05) is 6.92 Å². The zero-order valence-corrected chi connectivity index (χ0v) is 17.0. The first-order chi connectivity index (χ1) is 13.8. The van der Waals surface area contributed by atoms with Gasteiger partial charge in [0, 0.05) is 12.2 Å². The second kappa shape index (κ2) is 10.6. The van der Waals surface area contributed by atoms with Crippen LogP contribution in [0.25, 0.3) is 0 Å². The first-order valence-corrected chi connectivity index (χ1v) is 10.7. The van der Waals surface area contributed by atoms with Gasteiger partial charge in [0.1, 0.15) is 5.75 Å². The molecule has 0 atom stereocenters. The Bertz CT molecular complexity index is 926. The van der Waals surface area contributed by atoms with Gasteiger partial charge in [0.15, 0.2) is 6.61 Å². The number of carbonyl (C=O) groups excluding carboxylic acids is 2. The lowest BCUT2D eigenvalue weighted by atomic mass is 10.1. The number of rotatable bonds is 11. The molecule has 0 aromatic heterocycles. The Balaban J connectivity index is 1.84. The van der Waals surface area contributed by atoms with Crippen LogP contribution in [0.4, 0.5) is 5.69 Å². The zero-order valence-electron chi connectivity index (χ0n) is 16.2. The molecule has 0 spiro atoms.